The molecule has 0 bridgehead atoms. The third-order valence-corrected chi connectivity index (χ3v) is 3.27. The van der Waals surface area contributed by atoms with E-state index in [2.05, 4.69) is 4.98 Å². The first-order chi connectivity index (χ1) is 8.65. The smallest absolute Gasteiger partial charge is 0.314 e. The molecule has 1 atom stereocenters. The van der Waals surface area contributed by atoms with Crippen LogP contribution in [0.1, 0.15) is 24.8 Å². The average Bonchev–Trinajstić information content (AvgIpc) is 2.38. The lowest BCUT2D eigenvalue weighted by Gasteiger charge is -2.32. The zero-order valence-corrected chi connectivity index (χ0v) is 10.2. The molecule has 1 aromatic rings. The fraction of sp³-hybridized carbons (Fsp3) is 0.500. The molecule has 18 heavy (non-hydrogen) atoms. The molecule has 1 unspecified atom stereocenters. The number of rotatable bonds is 3. The van der Waals surface area contributed by atoms with Crippen LogP contribution in [0.2, 0.25) is 0 Å². The Morgan fingerprint density at radius 1 is 1.56 bits per heavy atom. The maximum Gasteiger partial charge on any atom is 0.314 e. The van der Waals surface area contributed by atoms with Crippen molar-refractivity contribution >= 4 is 17.8 Å². The fourth-order valence-electron chi connectivity index (χ4n) is 2.33. The van der Waals surface area contributed by atoms with E-state index in [9.17, 15) is 14.9 Å². The minimum atomic E-state index is -0.422. The van der Waals surface area contributed by atoms with Crippen LogP contribution in [0.25, 0.3) is 0 Å². The molecule has 1 fully saturated rings. The summed E-state index contributed by atoms with van der Waals surface area (Å²) in [7, 11) is 0. The lowest BCUT2D eigenvalue weighted by Crippen LogP contribution is -2.41. The lowest BCUT2D eigenvalue weighted by atomic mass is 10.0. The SMILES string of the molecule is Cc1ccnc(N2CCCCC2C=O)c1[N+](=O)[O-]. The van der Waals surface area contributed by atoms with Gasteiger partial charge in [0, 0.05) is 18.3 Å². The van der Waals surface area contributed by atoms with E-state index in [1.165, 1.54) is 0 Å². The van der Waals surface area contributed by atoms with Gasteiger partial charge in [-0.05, 0) is 32.3 Å². The summed E-state index contributed by atoms with van der Waals surface area (Å²) in [6.07, 6.45) is 5.04. The van der Waals surface area contributed by atoms with Gasteiger partial charge in [-0.25, -0.2) is 4.98 Å². The van der Waals surface area contributed by atoms with Crippen LogP contribution in [0.4, 0.5) is 11.5 Å². The van der Waals surface area contributed by atoms with Gasteiger partial charge < -0.3 is 9.69 Å². The van der Waals surface area contributed by atoms with Crippen LogP contribution in [0.15, 0.2) is 12.3 Å². The normalized spacial score (nSPS) is 19.6. The van der Waals surface area contributed by atoms with E-state index in [1.807, 2.05) is 0 Å². The van der Waals surface area contributed by atoms with E-state index in [0.717, 1.165) is 25.5 Å². The zero-order valence-electron chi connectivity index (χ0n) is 10.2. The van der Waals surface area contributed by atoms with Crippen molar-refractivity contribution in [3.63, 3.8) is 0 Å². The van der Waals surface area contributed by atoms with E-state index in [1.54, 1.807) is 24.1 Å². The summed E-state index contributed by atoms with van der Waals surface area (Å²) in [6, 6.07) is 1.31. The Balaban J connectivity index is 2.46. The Morgan fingerprint density at radius 3 is 3.00 bits per heavy atom. The van der Waals surface area contributed by atoms with Gasteiger partial charge in [0.15, 0.2) is 0 Å². The molecule has 0 amide bonds. The number of carbonyl (C=O) groups excluding carboxylic acids is 1. The number of anilines is 1. The number of nitrogens with zero attached hydrogens (tertiary/aromatic N) is 3. The quantitative estimate of drug-likeness (QED) is 0.464. The first-order valence-electron chi connectivity index (χ1n) is 5.97. The number of aryl methyl sites for hydroxylation is 1. The summed E-state index contributed by atoms with van der Waals surface area (Å²) >= 11 is 0. The van der Waals surface area contributed by atoms with E-state index in [0.29, 0.717) is 17.9 Å². The van der Waals surface area contributed by atoms with Crippen LogP contribution in [0.5, 0.6) is 0 Å². The van der Waals surface area contributed by atoms with E-state index < -0.39 is 4.92 Å². The van der Waals surface area contributed by atoms with Gasteiger partial charge in [-0.15, -0.1) is 0 Å². The third kappa shape index (κ3) is 2.18. The summed E-state index contributed by atoms with van der Waals surface area (Å²) in [5.74, 6) is 0.316. The second-order valence-electron chi connectivity index (χ2n) is 4.45. The Kier molecular flexibility index (Phi) is 3.55. The molecule has 0 spiro atoms. The maximum absolute atomic E-state index is 11.1. The Bertz CT molecular complexity index is 476. The highest BCUT2D eigenvalue weighted by atomic mass is 16.6. The summed E-state index contributed by atoms with van der Waals surface area (Å²) in [6.45, 7) is 2.32. The van der Waals surface area contributed by atoms with Crippen molar-refractivity contribution in [1.82, 2.24) is 4.98 Å². The first kappa shape index (κ1) is 12.5. The molecule has 96 valence electrons. The molecular weight excluding hydrogens is 234 g/mol. The van der Waals surface area contributed by atoms with Crippen molar-refractivity contribution in [2.24, 2.45) is 0 Å². The number of pyridine rings is 1. The van der Waals surface area contributed by atoms with Gasteiger partial charge in [0.2, 0.25) is 5.82 Å². The Labute approximate surface area is 105 Å². The second-order valence-corrected chi connectivity index (χ2v) is 4.45. The summed E-state index contributed by atoms with van der Waals surface area (Å²) in [5.41, 5.74) is 0.575. The number of hydrogen-bond acceptors (Lipinski definition) is 5. The van der Waals surface area contributed by atoms with E-state index in [-0.39, 0.29) is 11.7 Å². The van der Waals surface area contributed by atoms with Gasteiger partial charge in [0.25, 0.3) is 0 Å². The molecule has 2 heterocycles. The fourth-order valence-corrected chi connectivity index (χ4v) is 2.33. The van der Waals surface area contributed by atoms with Crippen LogP contribution in [-0.4, -0.2) is 28.8 Å². The van der Waals surface area contributed by atoms with Gasteiger partial charge >= 0.3 is 5.69 Å². The second kappa shape index (κ2) is 5.12. The van der Waals surface area contributed by atoms with Crippen LogP contribution in [0.3, 0.4) is 0 Å². The third-order valence-electron chi connectivity index (χ3n) is 3.27. The molecule has 0 N–H and O–H groups in total. The number of hydrogen-bond donors (Lipinski definition) is 0. The minimum absolute atomic E-state index is 0.00579. The monoisotopic (exact) mass is 249 g/mol. The Hall–Kier alpha value is -1.98. The lowest BCUT2D eigenvalue weighted by molar-refractivity contribution is -0.384. The minimum Gasteiger partial charge on any atom is -0.341 e. The molecule has 1 saturated heterocycles. The van der Waals surface area contributed by atoms with E-state index in [4.69, 9.17) is 0 Å². The summed E-state index contributed by atoms with van der Waals surface area (Å²) in [5, 5.41) is 11.1. The zero-order chi connectivity index (χ0) is 13.1. The largest absolute Gasteiger partial charge is 0.341 e. The van der Waals surface area contributed by atoms with Crippen LogP contribution in [0, 0.1) is 17.0 Å². The molecule has 2 rings (SSSR count). The molecular formula is C12H15N3O3. The average molecular weight is 249 g/mol. The molecule has 6 heteroatoms. The molecule has 1 aromatic heterocycles. The first-order valence-corrected chi connectivity index (χ1v) is 5.97. The van der Waals surface area contributed by atoms with Crippen molar-refractivity contribution in [1.29, 1.82) is 0 Å². The molecule has 0 radical (unpaired) electrons. The number of aromatic nitrogens is 1. The maximum atomic E-state index is 11.1. The molecule has 0 aliphatic carbocycles. The Morgan fingerprint density at radius 2 is 2.33 bits per heavy atom. The van der Waals surface area contributed by atoms with Gasteiger partial charge in [-0.3, -0.25) is 10.1 Å². The molecule has 0 aromatic carbocycles. The van der Waals surface area contributed by atoms with Crippen LogP contribution >= 0.6 is 0 Å². The number of piperidine rings is 1. The van der Waals surface area contributed by atoms with Gasteiger partial charge in [-0.2, -0.15) is 0 Å². The highest BCUT2D eigenvalue weighted by Gasteiger charge is 2.30. The van der Waals surface area contributed by atoms with Gasteiger partial charge in [-0.1, -0.05) is 0 Å². The van der Waals surface area contributed by atoms with Crippen molar-refractivity contribution in [2.75, 3.05) is 11.4 Å². The topological polar surface area (TPSA) is 76.3 Å². The highest BCUT2D eigenvalue weighted by Crippen LogP contribution is 2.32. The molecule has 1 aliphatic rings. The van der Waals surface area contributed by atoms with Gasteiger partial charge in [0.1, 0.15) is 6.29 Å². The predicted molar refractivity (Wildman–Crippen MR) is 66.7 cm³/mol. The summed E-state index contributed by atoms with van der Waals surface area (Å²) in [4.78, 5) is 27.6. The predicted octanol–water partition coefficient (Wildman–Crippen LogP) is 1.86. The number of carbonyl (C=O) groups is 1. The van der Waals surface area contributed by atoms with Gasteiger partial charge in [0.05, 0.1) is 11.0 Å². The molecule has 0 saturated carbocycles. The summed E-state index contributed by atoms with van der Waals surface area (Å²) < 4.78 is 0. The standard InChI is InChI=1S/C12H15N3O3/c1-9-5-6-13-12(11(9)15(17)18)14-7-3-2-4-10(14)8-16/h5-6,8,10H,2-4,7H2,1H3. The number of nitro groups is 1. The van der Waals surface area contributed by atoms with Crippen molar-refractivity contribution in [3.05, 3.63) is 27.9 Å². The number of aldehydes is 1. The molecule has 1 aliphatic heterocycles. The van der Waals surface area contributed by atoms with Crippen LogP contribution < -0.4 is 4.90 Å². The van der Waals surface area contributed by atoms with Crippen molar-refractivity contribution in [3.8, 4) is 0 Å². The highest BCUT2D eigenvalue weighted by molar-refractivity contribution is 5.70. The van der Waals surface area contributed by atoms with Crippen molar-refractivity contribution < 1.29 is 9.72 Å². The van der Waals surface area contributed by atoms with Crippen molar-refractivity contribution in [2.45, 2.75) is 32.2 Å². The van der Waals surface area contributed by atoms with Crippen LogP contribution in [-0.2, 0) is 4.79 Å². The molecule has 6 nitrogen and oxygen atoms in total. The van der Waals surface area contributed by atoms with E-state index >= 15 is 0 Å².